The minimum Gasteiger partial charge on any atom is -0.326 e. The van der Waals surface area contributed by atoms with Crippen LogP contribution in [0.3, 0.4) is 0 Å². The number of hydrogen-bond acceptors (Lipinski definition) is 2. The van der Waals surface area contributed by atoms with Gasteiger partial charge in [-0.05, 0) is 34.2 Å². The summed E-state index contributed by atoms with van der Waals surface area (Å²) in [6.07, 6.45) is -7.82. The van der Waals surface area contributed by atoms with E-state index in [0.29, 0.717) is 0 Å². The second kappa shape index (κ2) is 4.78. The quantitative estimate of drug-likeness (QED) is 0.656. The number of pyridine rings is 1. The van der Waals surface area contributed by atoms with Gasteiger partial charge >= 0.3 is 6.18 Å². The van der Waals surface area contributed by atoms with Crippen LogP contribution in [0.2, 0.25) is 0 Å². The van der Waals surface area contributed by atoms with Crippen LogP contribution in [0.25, 0.3) is 0 Å². The van der Waals surface area contributed by atoms with Crippen molar-refractivity contribution in [2.45, 2.75) is 19.1 Å². The highest BCUT2D eigenvalue weighted by Gasteiger charge is 2.36. The summed E-state index contributed by atoms with van der Waals surface area (Å²) < 4.78 is 62.0. The van der Waals surface area contributed by atoms with Crippen LogP contribution in [0.5, 0.6) is 0 Å². The van der Waals surface area contributed by atoms with Gasteiger partial charge in [-0.15, -0.1) is 0 Å². The third-order valence-electron chi connectivity index (χ3n) is 1.78. The number of alkyl halides is 5. The molecule has 1 aromatic rings. The van der Waals surface area contributed by atoms with Crippen LogP contribution in [-0.2, 0) is 12.7 Å². The van der Waals surface area contributed by atoms with Gasteiger partial charge in [0.05, 0.1) is 0 Å². The van der Waals surface area contributed by atoms with Crippen molar-refractivity contribution in [2.24, 2.45) is 5.73 Å². The van der Waals surface area contributed by atoms with E-state index in [4.69, 9.17) is 5.73 Å². The lowest BCUT2D eigenvalue weighted by atomic mass is 10.1. The second-order valence-electron chi connectivity index (χ2n) is 2.87. The molecule has 0 aliphatic heterocycles. The summed E-state index contributed by atoms with van der Waals surface area (Å²) >= 11 is 1.50. The molecular formula is C8H6F5IN2. The second-order valence-corrected chi connectivity index (χ2v) is 4.03. The van der Waals surface area contributed by atoms with E-state index in [2.05, 4.69) is 4.98 Å². The van der Waals surface area contributed by atoms with Crippen molar-refractivity contribution in [2.75, 3.05) is 0 Å². The Morgan fingerprint density at radius 3 is 2.31 bits per heavy atom. The fraction of sp³-hybridized carbons (Fsp3) is 0.375. The van der Waals surface area contributed by atoms with E-state index >= 15 is 0 Å². The van der Waals surface area contributed by atoms with Crippen LogP contribution >= 0.6 is 22.6 Å². The maximum absolute atomic E-state index is 12.4. The Bertz CT molecular complexity index is 391. The molecule has 0 saturated carbocycles. The zero-order chi connectivity index (χ0) is 12.5. The van der Waals surface area contributed by atoms with Gasteiger partial charge in [-0.3, -0.25) is 0 Å². The van der Waals surface area contributed by atoms with Crippen molar-refractivity contribution < 1.29 is 22.0 Å². The fourth-order valence-corrected chi connectivity index (χ4v) is 1.83. The average Bonchev–Trinajstić information content (AvgIpc) is 2.14. The number of rotatable bonds is 2. The lowest BCUT2D eigenvalue weighted by molar-refractivity contribution is -0.142. The maximum atomic E-state index is 12.4. The molecule has 1 aromatic heterocycles. The highest BCUT2D eigenvalue weighted by molar-refractivity contribution is 14.1. The topological polar surface area (TPSA) is 38.9 Å². The molecule has 0 atom stereocenters. The third kappa shape index (κ3) is 2.78. The van der Waals surface area contributed by atoms with Crippen molar-refractivity contribution in [3.05, 3.63) is 26.6 Å². The molecule has 0 aliphatic rings. The van der Waals surface area contributed by atoms with E-state index in [-0.39, 0.29) is 9.13 Å². The first-order valence-corrected chi connectivity index (χ1v) is 5.10. The van der Waals surface area contributed by atoms with E-state index in [0.717, 1.165) is 6.07 Å². The Balaban J connectivity index is 3.41. The molecule has 0 amide bonds. The molecular weight excluding hydrogens is 346 g/mol. The highest BCUT2D eigenvalue weighted by atomic mass is 127. The van der Waals surface area contributed by atoms with E-state index < -0.39 is 30.5 Å². The Morgan fingerprint density at radius 2 is 1.94 bits per heavy atom. The average molecular weight is 352 g/mol. The number of aromatic nitrogens is 1. The van der Waals surface area contributed by atoms with E-state index in [1.165, 1.54) is 22.6 Å². The molecule has 0 saturated heterocycles. The lowest BCUT2D eigenvalue weighted by Gasteiger charge is -2.13. The largest absolute Gasteiger partial charge is 0.433 e. The van der Waals surface area contributed by atoms with E-state index in [9.17, 15) is 22.0 Å². The summed E-state index contributed by atoms with van der Waals surface area (Å²) in [6, 6.07) is 0.984. The number of nitrogens with two attached hydrogens (primary N) is 1. The normalized spacial score (nSPS) is 12.2. The number of hydrogen-bond donors (Lipinski definition) is 1. The monoisotopic (exact) mass is 352 g/mol. The van der Waals surface area contributed by atoms with Gasteiger partial charge < -0.3 is 5.73 Å². The molecule has 90 valence electrons. The first-order chi connectivity index (χ1) is 7.27. The molecule has 1 heterocycles. The predicted molar refractivity (Wildman–Crippen MR) is 54.8 cm³/mol. The van der Waals surface area contributed by atoms with Gasteiger partial charge in [0.15, 0.2) is 0 Å². The smallest absolute Gasteiger partial charge is 0.326 e. The Kier molecular flexibility index (Phi) is 4.05. The summed E-state index contributed by atoms with van der Waals surface area (Å²) in [5.41, 5.74) is 2.61. The van der Waals surface area contributed by atoms with Crippen molar-refractivity contribution in [1.82, 2.24) is 4.98 Å². The van der Waals surface area contributed by atoms with Gasteiger partial charge in [-0.2, -0.15) is 13.2 Å². The first-order valence-electron chi connectivity index (χ1n) is 4.02. The van der Waals surface area contributed by atoms with Gasteiger partial charge in [0.2, 0.25) is 0 Å². The minimum atomic E-state index is -4.78. The molecule has 8 heteroatoms. The van der Waals surface area contributed by atoms with Crippen LogP contribution in [-0.4, -0.2) is 4.98 Å². The summed E-state index contributed by atoms with van der Waals surface area (Å²) in [4.78, 5) is 2.95. The molecule has 0 aliphatic carbocycles. The molecule has 0 spiro atoms. The molecule has 2 N–H and O–H groups in total. The molecule has 2 nitrogen and oxygen atoms in total. The summed E-state index contributed by atoms with van der Waals surface area (Å²) in [5.74, 6) is 0. The van der Waals surface area contributed by atoms with Crippen LogP contribution in [0, 0.1) is 3.57 Å². The predicted octanol–water partition coefficient (Wildman–Crippen LogP) is 3.10. The number of halogens is 6. The summed E-state index contributed by atoms with van der Waals surface area (Å²) in [5, 5.41) is 0. The number of nitrogens with zero attached hydrogens (tertiary/aromatic N) is 1. The van der Waals surface area contributed by atoms with E-state index in [1.54, 1.807) is 0 Å². The van der Waals surface area contributed by atoms with Gasteiger partial charge in [0.25, 0.3) is 6.43 Å². The molecule has 0 radical (unpaired) electrons. The molecule has 0 aromatic carbocycles. The van der Waals surface area contributed by atoms with Crippen LogP contribution in [0.15, 0.2) is 6.07 Å². The minimum absolute atomic E-state index is 0.0268. The van der Waals surface area contributed by atoms with Gasteiger partial charge in [-0.25, -0.2) is 13.8 Å². The third-order valence-corrected chi connectivity index (χ3v) is 2.64. The van der Waals surface area contributed by atoms with Gasteiger partial charge in [0, 0.05) is 10.1 Å². The molecule has 16 heavy (non-hydrogen) atoms. The van der Waals surface area contributed by atoms with Crippen LogP contribution in [0.1, 0.15) is 23.4 Å². The Morgan fingerprint density at radius 1 is 1.38 bits per heavy atom. The Labute approximate surface area is 101 Å². The van der Waals surface area contributed by atoms with Gasteiger partial charge in [0.1, 0.15) is 11.4 Å². The maximum Gasteiger partial charge on any atom is 0.433 e. The first kappa shape index (κ1) is 13.6. The molecule has 0 unspecified atom stereocenters. The SMILES string of the molecule is NCc1cc(I)c(C(F)F)nc1C(F)(F)F. The lowest BCUT2D eigenvalue weighted by Crippen LogP contribution is -2.16. The van der Waals surface area contributed by atoms with Crippen LogP contribution in [0.4, 0.5) is 22.0 Å². The van der Waals surface area contributed by atoms with Crippen molar-refractivity contribution in [1.29, 1.82) is 0 Å². The highest BCUT2D eigenvalue weighted by Crippen LogP contribution is 2.33. The van der Waals surface area contributed by atoms with Crippen LogP contribution < -0.4 is 5.73 Å². The zero-order valence-corrected chi connectivity index (χ0v) is 9.81. The summed E-state index contributed by atoms with van der Waals surface area (Å²) in [7, 11) is 0. The standard InChI is InChI=1S/C8H6F5IN2/c9-7(10)5-4(14)1-3(2-15)6(16-5)8(11,12)13/h1,7H,2,15H2. The van der Waals surface area contributed by atoms with E-state index in [1.807, 2.05) is 0 Å². The van der Waals surface area contributed by atoms with Gasteiger partial charge in [-0.1, -0.05) is 0 Å². The Hall–Kier alpha value is -0.510. The fourth-order valence-electron chi connectivity index (χ4n) is 1.09. The van der Waals surface area contributed by atoms with Crippen molar-refractivity contribution in [3.63, 3.8) is 0 Å². The summed E-state index contributed by atoms with van der Waals surface area (Å²) in [6.45, 7) is -0.401. The van der Waals surface area contributed by atoms with Crippen molar-refractivity contribution >= 4 is 22.6 Å². The zero-order valence-electron chi connectivity index (χ0n) is 7.65. The van der Waals surface area contributed by atoms with Crippen molar-refractivity contribution in [3.8, 4) is 0 Å². The molecule has 0 bridgehead atoms. The molecule has 1 rings (SSSR count). The molecule has 0 fully saturated rings.